The van der Waals surface area contributed by atoms with Crippen molar-refractivity contribution in [2.24, 2.45) is 0 Å². The zero-order valence-corrected chi connectivity index (χ0v) is 9.38. The molecule has 0 spiro atoms. The normalized spacial score (nSPS) is 10.3. The lowest BCUT2D eigenvalue weighted by atomic mass is 10.4. The van der Waals surface area contributed by atoms with Crippen molar-refractivity contribution in [3.63, 3.8) is 0 Å². The van der Waals surface area contributed by atoms with E-state index in [0.29, 0.717) is 11.6 Å². The van der Waals surface area contributed by atoms with Gasteiger partial charge in [-0.3, -0.25) is 0 Å². The van der Waals surface area contributed by atoms with Crippen molar-refractivity contribution < 1.29 is 0 Å². The van der Waals surface area contributed by atoms with Gasteiger partial charge in [-0.15, -0.1) is 0 Å². The first kappa shape index (κ1) is 9.97. The molecule has 0 aliphatic heterocycles. The van der Waals surface area contributed by atoms with Crippen molar-refractivity contribution in [3.8, 4) is 11.6 Å². The molecule has 2 heterocycles. The van der Waals surface area contributed by atoms with Crippen molar-refractivity contribution in [3.05, 3.63) is 18.0 Å². The van der Waals surface area contributed by atoms with Crippen molar-refractivity contribution in [1.82, 2.24) is 19.3 Å². The van der Waals surface area contributed by atoms with Gasteiger partial charge in [-0.2, -0.15) is 9.36 Å². The van der Waals surface area contributed by atoms with Gasteiger partial charge in [-0.1, -0.05) is 0 Å². The zero-order valence-electron chi connectivity index (χ0n) is 8.56. The van der Waals surface area contributed by atoms with Gasteiger partial charge < -0.3 is 5.32 Å². The van der Waals surface area contributed by atoms with Gasteiger partial charge in [0, 0.05) is 30.5 Å². The zero-order chi connectivity index (χ0) is 10.7. The summed E-state index contributed by atoms with van der Waals surface area (Å²) in [5.74, 6) is 1.15. The van der Waals surface area contributed by atoms with Crippen LogP contribution in [0.1, 0.15) is 12.5 Å². The first-order chi connectivity index (χ1) is 7.29. The highest BCUT2D eigenvalue weighted by Crippen LogP contribution is 2.17. The maximum atomic E-state index is 4.27. The Balaban J connectivity index is 2.25. The van der Waals surface area contributed by atoms with Gasteiger partial charge in [-0.25, -0.2) is 9.97 Å². The van der Waals surface area contributed by atoms with E-state index in [1.807, 2.05) is 13.8 Å². The van der Waals surface area contributed by atoms with E-state index < -0.39 is 0 Å². The van der Waals surface area contributed by atoms with Crippen LogP contribution in [0.4, 0.5) is 5.13 Å². The van der Waals surface area contributed by atoms with Gasteiger partial charge in [0.15, 0.2) is 5.82 Å². The maximum Gasteiger partial charge on any atom is 0.212 e. The summed E-state index contributed by atoms with van der Waals surface area (Å²) in [6.07, 6.45) is 3.52. The molecule has 0 saturated carbocycles. The first-order valence-electron chi connectivity index (χ1n) is 4.66. The number of rotatable bonds is 3. The molecule has 0 unspecified atom stereocenters. The molecule has 0 saturated heterocycles. The number of anilines is 1. The summed E-state index contributed by atoms with van der Waals surface area (Å²) in [6, 6.07) is 0. The third-order valence-electron chi connectivity index (χ3n) is 1.73. The number of aryl methyl sites for hydroxylation is 1. The molecule has 78 valence electrons. The number of hydrogen-bond donors (Lipinski definition) is 1. The van der Waals surface area contributed by atoms with Gasteiger partial charge in [0.05, 0.1) is 0 Å². The predicted octanol–water partition coefficient (Wildman–Crippen LogP) is 1.74. The summed E-state index contributed by atoms with van der Waals surface area (Å²) in [5, 5.41) is 3.90. The lowest BCUT2D eigenvalue weighted by Gasteiger charge is -1.94. The van der Waals surface area contributed by atoms with Crippen LogP contribution in [0.15, 0.2) is 12.4 Å². The Labute approximate surface area is 91.8 Å². The second kappa shape index (κ2) is 4.31. The van der Waals surface area contributed by atoms with E-state index in [9.17, 15) is 0 Å². The van der Waals surface area contributed by atoms with E-state index in [0.717, 1.165) is 17.2 Å². The lowest BCUT2D eigenvalue weighted by molar-refractivity contribution is 1.09. The van der Waals surface area contributed by atoms with Crippen LogP contribution in [0, 0.1) is 6.92 Å². The Morgan fingerprint density at radius 3 is 2.67 bits per heavy atom. The van der Waals surface area contributed by atoms with Crippen LogP contribution in [0.3, 0.4) is 0 Å². The molecule has 0 bridgehead atoms. The topological polar surface area (TPSA) is 63.6 Å². The van der Waals surface area contributed by atoms with Crippen LogP contribution in [0.5, 0.6) is 0 Å². The van der Waals surface area contributed by atoms with Gasteiger partial charge >= 0.3 is 0 Å². The summed E-state index contributed by atoms with van der Waals surface area (Å²) in [6.45, 7) is 4.80. The Bertz CT molecular complexity index is 436. The highest BCUT2D eigenvalue weighted by Gasteiger charge is 2.07. The Kier molecular flexibility index (Phi) is 2.86. The molecule has 0 radical (unpaired) electrons. The first-order valence-corrected chi connectivity index (χ1v) is 5.43. The quantitative estimate of drug-likeness (QED) is 0.855. The average molecular weight is 221 g/mol. The van der Waals surface area contributed by atoms with Gasteiger partial charge in [-0.05, 0) is 19.4 Å². The van der Waals surface area contributed by atoms with Gasteiger partial charge in [0.1, 0.15) is 0 Å². The maximum absolute atomic E-state index is 4.27. The number of hydrogen-bond acceptors (Lipinski definition) is 6. The molecular formula is C9H11N5S. The minimum absolute atomic E-state index is 0.570. The molecule has 5 nitrogen and oxygen atoms in total. The van der Waals surface area contributed by atoms with E-state index in [4.69, 9.17) is 0 Å². The minimum atomic E-state index is 0.570. The van der Waals surface area contributed by atoms with Crippen LogP contribution in [0.2, 0.25) is 0 Å². The third-order valence-corrected chi connectivity index (χ3v) is 2.41. The fourth-order valence-electron chi connectivity index (χ4n) is 1.05. The van der Waals surface area contributed by atoms with Crippen molar-refractivity contribution >= 4 is 16.7 Å². The van der Waals surface area contributed by atoms with Crippen LogP contribution in [0.25, 0.3) is 11.6 Å². The molecule has 2 rings (SSSR count). The second-order valence-electron chi connectivity index (χ2n) is 3.04. The molecule has 0 aliphatic rings. The highest BCUT2D eigenvalue weighted by atomic mass is 32.1. The third kappa shape index (κ3) is 2.27. The SMILES string of the molecule is CCNc1nc(-c2ncc(C)cn2)ns1. The fourth-order valence-corrected chi connectivity index (χ4v) is 1.68. The Hall–Kier alpha value is -1.56. The highest BCUT2D eigenvalue weighted by molar-refractivity contribution is 7.09. The Morgan fingerprint density at radius 1 is 1.27 bits per heavy atom. The molecule has 0 amide bonds. The van der Waals surface area contributed by atoms with Crippen molar-refractivity contribution in [1.29, 1.82) is 0 Å². The molecule has 0 aliphatic carbocycles. The molecule has 15 heavy (non-hydrogen) atoms. The average Bonchev–Trinajstić information content (AvgIpc) is 2.68. The van der Waals surface area contributed by atoms with Gasteiger partial charge in [0.25, 0.3) is 0 Å². The summed E-state index contributed by atoms with van der Waals surface area (Å²) < 4.78 is 4.18. The molecule has 6 heteroatoms. The van der Waals surface area contributed by atoms with Crippen molar-refractivity contribution in [2.75, 3.05) is 11.9 Å². The van der Waals surface area contributed by atoms with E-state index in [1.165, 1.54) is 11.5 Å². The van der Waals surface area contributed by atoms with E-state index in [-0.39, 0.29) is 0 Å². The van der Waals surface area contributed by atoms with Crippen LogP contribution >= 0.6 is 11.5 Å². The molecule has 2 aromatic heterocycles. The molecule has 0 fully saturated rings. The molecule has 0 aromatic carbocycles. The largest absolute Gasteiger partial charge is 0.361 e. The second-order valence-corrected chi connectivity index (χ2v) is 3.79. The number of nitrogens with zero attached hydrogens (tertiary/aromatic N) is 4. The summed E-state index contributed by atoms with van der Waals surface area (Å²) in [5.41, 5.74) is 1.03. The van der Waals surface area contributed by atoms with E-state index in [2.05, 4.69) is 24.6 Å². The summed E-state index contributed by atoms with van der Waals surface area (Å²) >= 11 is 1.32. The number of nitrogens with one attached hydrogen (secondary N) is 1. The number of aromatic nitrogens is 4. The van der Waals surface area contributed by atoms with Crippen LogP contribution in [-0.2, 0) is 0 Å². The Morgan fingerprint density at radius 2 is 2.00 bits per heavy atom. The standard InChI is InChI=1S/C9H11N5S/c1-3-10-9-13-8(14-15-9)7-11-4-6(2)5-12-7/h4-5H,3H2,1-2H3,(H,10,13,14). The van der Waals surface area contributed by atoms with Crippen LogP contribution in [-0.4, -0.2) is 25.9 Å². The lowest BCUT2D eigenvalue weighted by Crippen LogP contribution is -1.96. The van der Waals surface area contributed by atoms with E-state index in [1.54, 1.807) is 12.4 Å². The van der Waals surface area contributed by atoms with Gasteiger partial charge in [0.2, 0.25) is 11.0 Å². The monoisotopic (exact) mass is 221 g/mol. The van der Waals surface area contributed by atoms with E-state index >= 15 is 0 Å². The predicted molar refractivity (Wildman–Crippen MR) is 59.8 cm³/mol. The minimum Gasteiger partial charge on any atom is -0.361 e. The fraction of sp³-hybridized carbons (Fsp3) is 0.333. The smallest absolute Gasteiger partial charge is 0.212 e. The summed E-state index contributed by atoms with van der Waals surface area (Å²) in [4.78, 5) is 12.6. The molecule has 1 N–H and O–H groups in total. The summed E-state index contributed by atoms with van der Waals surface area (Å²) in [7, 11) is 0. The molecule has 0 atom stereocenters. The van der Waals surface area contributed by atoms with Crippen molar-refractivity contribution in [2.45, 2.75) is 13.8 Å². The van der Waals surface area contributed by atoms with Crippen LogP contribution < -0.4 is 5.32 Å². The molecule has 2 aromatic rings. The molecular weight excluding hydrogens is 210 g/mol.